The van der Waals surface area contributed by atoms with Crippen LogP contribution in [0, 0.1) is 9.49 Å². The SMILES string of the molecule is CC1OCCC1CNC(=O)c1cc(I)ccc1O. The minimum atomic E-state index is -0.231. The lowest BCUT2D eigenvalue weighted by Gasteiger charge is -2.15. The Labute approximate surface area is 120 Å². The summed E-state index contributed by atoms with van der Waals surface area (Å²) in [4.78, 5) is 12.0. The zero-order valence-electron chi connectivity index (χ0n) is 10.1. The molecule has 1 aromatic carbocycles. The zero-order chi connectivity index (χ0) is 13.1. The average molecular weight is 361 g/mol. The fourth-order valence-electron chi connectivity index (χ4n) is 2.05. The molecule has 1 amide bonds. The van der Waals surface area contributed by atoms with Crippen molar-refractivity contribution >= 4 is 28.5 Å². The van der Waals surface area contributed by atoms with Crippen molar-refractivity contribution in [3.05, 3.63) is 27.3 Å². The molecular formula is C13H16INO3. The standard InChI is InChI=1S/C13H16INO3/c1-8-9(4-5-18-8)7-15-13(17)11-6-10(14)2-3-12(11)16/h2-3,6,8-9,16H,4-5,7H2,1H3,(H,15,17). The molecule has 1 aliphatic heterocycles. The Morgan fingerprint density at radius 3 is 3.06 bits per heavy atom. The molecule has 1 heterocycles. The van der Waals surface area contributed by atoms with E-state index in [-0.39, 0.29) is 17.8 Å². The molecule has 2 N–H and O–H groups in total. The highest BCUT2D eigenvalue weighted by atomic mass is 127. The summed E-state index contributed by atoms with van der Waals surface area (Å²) < 4.78 is 6.37. The molecule has 2 unspecified atom stereocenters. The lowest BCUT2D eigenvalue weighted by atomic mass is 10.0. The molecule has 0 aliphatic carbocycles. The summed E-state index contributed by atoms with van der Waals surface area (Å²) in [7, 11) is 0. The van der Waals surface area contributed by atoms with Gasteiger partial charge in [0.25, 0.3) is 5.91 Å². The van der Waals surface area contributed by atoms with Crippen LogP contribution in [0.15, 0.2) is 18.2 Å². The molecule has 0 saturated carbocycles. The summed E-state index contributed by atoms with van der Waals surface area (Å²) in [5, 5.41) is 12.5. The van der Waals surface area contributed by atoms with E-state index in [1.165, 1.54) is 6.07 Å². The van der Waals surface area contributed by atoms with Crippen LogP contribution in [0.1, 0.15) is 23.7 Å². The number of hydrogen-bond donors (Lipinski definition) is 2. The highest BCUT2D eigenvalue weighted by molar-refractivity contribution is 14.1. The minimum Gasteiger partial charge on any atom is -0.507 e. The van der Waals surface area contributed by atoms with Crippen molar-refractivity contribution in [2.24, 2.45) is 5.92 Å². The number of phenolic OH excluding ortho intramolecular Hbond substituents is 1. The maximum atomic E-state index is 12.0. The first-order chi connectivity index (χ1) is 8.58. The Morgan fingerprint density at radius 1 is 1.61 bits per heavy atom. The van der Waals surface area contributed by atoms with E-state index in [9.17, 15) is 9.90 Å². The first-order valence-corrected chi connectivity index (χ1v) is 7.04. The number of rotatable bonds is 3. The Bertz CT molecular complexity index is 450. The lowest BCUT2D eigenvalue weighted by molar-refractivity contribution is 0.0905. The van der Waals surface area contributed by atoms with Crippen LogP contribution in [-0.2, 0) is 4.74 Å². The highest BCUT2D eigenvalue weighted by Crippen LogP contribution is 2.21. The fourth-order valence-corrected chi connectivity index (χ4v) is 2.54. The molecule has 4 nitrogen and oxygen atoms in total. The maximum Gasteiger partial charge on any atom is 0.255 e. The van der Waals surface area contributed by atoms with Gasteiger partial charge in [-0.3, -0.25) is 4.79 Å². The Hall–Kier alpha value is -0.820. The van der Waals surface area contributed by atoms with E-state index in [0.29, 0.717) is 18.0 Å². The van der Waals surface area contributed by atoms with Crippen LogP contribution in [-0.4, -0.2) is 30.3 Å². The first-order valence-electron chi connectivity index (χ1n) is 5.96. The van der Waals surface area contributed by atoms with Crippen LogP contribution in [0.4, 0.5) is 0 Å². The second kappa shape index (κ2) is 5.88. The largest absolute Gasteiger partial charge is 0.507 e. The summed E-state index contributed by atoms with van der Waals surface area (Å²) >= 11 is 2.11. The second-order valence-electron chi connectivity index (χ2n) is 4.50. The van der Waals surface area contributed by atoms with Crippen LogP contribution in [0.3, 0.4) is 0 Å². The van der Waals surface area contributed by atoms with Crippen molar-refractivity contribution in [1.29, 1.82) is 0 Å². The second-order valence-corrected chi connectivity index (χ2v) is 5.74. The van der Waals surface area contributed by atoms with Gasteiger partial charge in [-0.25, -0.2) is 0 Å². The number of benzene rings is 1. The van der Waals surface area contributed by atoms with Crippen molar-refractivity contribution < 1.29 is 14.6 Å². The molecule has 1 aliphatic rings. The number of halogens is 1. The molecule has 2 rings (SSSR count). The van der Waals surface area contributed by atoms with Gasteiger partial charge in [0.05, 0.1) is 11.7 Å². The van der Waals surface area contributed by atoms with Crippen LogP contribution >= 0.6 is 22.6 Å². The number of hydrogen-bond acceptors (Lipinski definition) is 3. The summed E-state index contributed by atoms with van der Waals surface area (Å²) in [6, 6.07) is 4.98. The lowest BCUT2D eigenvalue weighted by Crippen LogP contribution is -2.32. The molecule has 0 spiro atoms. The Balaban J connectivity index is 1.97. The average Bonchev–Trinajstić information content (AvgIpc) is 2.75. The monoisotopic (exact) mass is 361 g/mol. The van der Waals surface area contributed by atoms with Gasteiger partial charge in [0, 0.05) is 22.6 Å². The molecule has 18 heavy (non-hydrogen) atoms. The van der Waals surface area contributed by atoms with Crippen molar-refractivity contribution in [2.75, 3.05) is 13.2 Å². The third-order valence-electron chi connectivity index (χ3n) is 3.26. The molecule has 98 valence electrons. The molecule has 1 fully saturated rings. The van der Waals surface area contributed by atoms with Gasteiger partial charge in [-0.15, -0.1) is 0 Å². The molecule has 0 bridgehead atoms. The van der Waals surface area contributed by atoms with Crippen molar-refractivity contribution in [2.45, 2.75) is 19.4 Å². The number of nitrogens with one attached hydrogen (secondary N) is 1. The first kappa shape index (κ1) is 13.6. The molecule has 5 heteroatoms. The quantitative estimate of drug-likeness (QED) is 0.812. The van der Waals surface area contributed by atoms with E-state index in [2.05, 4.69) is 27.9 Å². The van der Waals surface area contributed by atoms with Gasteiger partial charge >= 0.3 is 0 Å². The number of carbonyl (C=O) groups is 1. The van der Waals surface area contributed by atoms with Gasteiger partial charge in [0.2, 0.25) is 0 Å². The van der Waals surface area contributed by atoms with E-state index in [0.717, 1.165) is 16.6 Å². The molecule has 2 atom stereocenters. The Kier molecular flexibility index (Phi) is 4.45. The van der Waals surface area contributed by atoms with E-state index in [1.807, 2.05) is 6.92 Å². The number of carbonyl (C=O) groups excluding carboxylic acids is 1. The number of aromatic hydroxyl groups is 1. The van der Waals surface area contributed by atoms with Crippen LogP contribution in [0.25, 0.3) is 0 Å². The topological polar surface area (TPSA) is 58.6 Å². The molecule has 1 saturated heterocycles. The summed E-state index contributed by atoms with van der Waals surface area (Å²) in [5.74, 6) is 0.146. The summed E-state index contributed by atoms with van der Waals surface area (Å²) in [6.07, 6.45) is 1.16. The molecule has 0 aromatic heterocycles. The zero-order valence-corrected chi connectivity index (χ0v) is 12.3. The van der Waals surface area contributed by atoms with Crippen LogP contribution in [0.5, 0.6) is 5.75 Å². The van der Waals surface area contributed by atoms with E-state index in [1.54, 1.807) is 12.1 Å². The van der Waals surface area contributed by atoms with E-state index >= 15 is 0 Å². The maximum absolute atomic E-state index is 12.0. The number of ether oxygens (including phenoxy) is 1. The van der Waals surface area contributed by atoms with Gasteiger partial charge in [0.1, 0.15) is 5.75 Å². The summed E-state index contributed by atoms with van der Waals surface area (Å²) in [6.45, 7) is 3.37. The van der Waals surface area contributed by atoms with Crippen LogP contribution < -0.4 is 5.32 Å². The van der Waals surface area contributed by atoms with Gasteiger partial charge < -0.3 is 15.2 Å². The summed E-state index contributed by atoms with van der Waals surface area (Å²) in [5.41, 5.74) is 0.327. The predicted octanol–water partition coefficient (Wildman–Crippen LogP) is 2.15. The fraction of sp³-hybridized carbons (Fsp3) is 0.462. The molecule has 0 radical (unpaired) electrons. The van der Waals surface area contributed by atoms with Crippen molar-refractivity contribution in [1.82, 2.24) is 5.32 Å². The smallest absolute Gasteiger partial charge is 0.255 e. The highest BCUT2D eigenvalue weighted by Gasteiger charge is 2.24. The van der Waals surface area contributed by atoms with Crippen LogP contribution in [0.2, 0.25) is 0 Å². The van der Waals surface area contributed by atoms with Crippen molar-refractivity contribution in [3.8, 4) is 5.75 Å². The normalized spacial score (nSPS) is 23.0. The van der Waals surface area contributed by atoms with Gasteiger partial charge in [-0.2, -0.15) is 0 Å². The Morgan fingerprint density at radius 2 is 2.39 bits per heavy atom. The van der Waals surface area contributed by atoms with Crippen molar-refractivity contribution in [3.63, 3.8) is 0 Å². The van der Waals surface area contributed by atoms with E-state index in [4.69, 9.17) is 4.74 Å². The predicted molar refractivity (Wildman–Crippen MR) is 76.7 cm³/mol. The third kappa shape index (κ3) is 3.14. The van der Waals surface area contributed by atoms with Gasteiger partial charge in [-0.05, 0) is 54.1 Å². The van der Waals surface area contributed by atoms with Gasteiger partial charge in [0.15, 0.2) is 0 Å². The third-order valence-corrected chi connectivity index (χ3v) is 3.93. The minimum absolute atomic E-state index is 0.0173. The molecular weight excluding hydrogens is 345 g/mol. The molecule has 1 aromatic rings. The van der Waals surface area contributed by atoms with Gasteiger partial charge in [-0.1, -0.05) is 0 Å². The van der Waals surface area contributed by atoms with E-state index < -0.39 is 0 Å². The number of amides is 1. The number of phenols is 1.